The van der Waals surface area contributed by atoms with Gasteiger partial charge in [0.2, 0.25) is 0 Å². The molecule has 0 bridgehead atoms. The van der Waals surface area contributed by atoms with E-state index in [9.17, 15) is 10.2 Å². The van der Waals surface area contributed by atoms with Gasteiger partial charge in [-0.1, -0.05) is 48.2 Å². The molecule has 0 saturated carbocycles. The fraction of sp³-hybridized carbons (Fsp3) is 0. The van der Waals surface area contributed by atoms with Gasteiger partial charge in [-0.15, -0.1) is 0 Å². The Balaban J connectivity index is 0.000000455. The van der Waals surface area contributed by atoms with Crippen LogP contribution in [0.4, 0.5) is 0 Å². The standard InChI is InChI=1S/C10H8N2O2.C6H6.CH3.ClH.Ru/c13-7-3-1-5-11-9(7)10-8(14)4-2-6-12-10;1-2-4-6-5-3-1;;;/h1-6,13-14H;1-6H;1H3;1H;/q;;-1;;+2/p-2. The summed E-state index contributed by atoms with van der Waals surface area (Å²) in [5.74, 6) is -0.287. The number of hydrogen-bond donors (Lipinski definition) is 1. The van der Waals surface area contributed by atoms with Gasteiger partial charge in [0.05, 0.1) is 5.69 Å². The van der Waals surface area contributed by atoms with Crippen molar-refractivity contribution in [3.8, 4) is 22.9 Å². The minimum atomic E-state index is -0.249. The molecule has 1 N–H and O–H groups in total. The van der Waals surface area contributed by atoms with E-state index in [4.69, 9.17) is 0 Å². The van der Waals surface area contributed by atoms with E-state index in [1.807, 2.05) is 53.7 Å². The van der Waals surface area contributed by atoms with E-state index in [1.165, 1.54) is 24.5 Å². The number of benzene rings is 1. The molecule has 0 aliphatic rings. The quantitative estimate of drug-likeness (QED) is 0.484. The van der Waals surface area contributed by atoms with E-state index in [0.717, 1.165) is 0 Å². The van der Waals surface area contributed by atoms with Crippen LogP contribution in [0, 0.1) is 7.43 Å². The number of nitrogens with zero attached hydrogens (tertiary/aromatic N) is 2. The summed E-state index contributed by atoms with van der Waals surface area (Å²) in [5, 5.41) is 20.8. The minimum absolute atomic E-state index is 0. The van der Waals surface area contributed by atoms with Crippen molar-refractivity contribution in [2.45, 2.75) is 0 Å². The van der Waals surface area contributed by atoms with E-state index < -0.39 is 0 Å². The Morgan fingerprint density at radius 3 is 1.65 bits per heavy atom. The summed E-state index contributed by atoms with van der Waals surface area (Å²) in [6, 6.07) is 18.0. The van der Waals surface area contributed by atoms with Crippen molar-refractivity contribution >= 4 is 9.69 Å². The normalized spacial score (nSPS) is 8.43. The predicted molar refractivity (Wildman–Crippen MR) is 87.3 cm³/mol. The van der Waals surface area contributed by atoms with Crippen molar-refractivity contribution in [3.05, 3.63) is 80.5 Å². The Morgan fingerprint density at radius 2 is 1.22 bits per heavy atom. The average molecular weight is 417 g/mol. The number of pyridine rings is 2. The van der Waals surface area contributed by atoms with Crippen molar-refractivity contribution in [2.75, 3.05) is 0 Å². The van der Waals surface area contributed by atoms with E-state index in [1.54, 1.807) is 12.1 Å². The summed E-state index contributed by atoms with van der Waals surface area (Å²) in [6.07, 6.45) is 2.99. The summed E-state index contributed by atoms with van der Waals surface area (Å²) in [4.78, 5) is 7.77. The molecule has 0 radical (unpaired) electrons. The zero-order chi connectivity index (χ0) is 16.2. The van der Waals surface area contributed by atoms with Crippen LogP contribution in [0.5, 0.6) is 11.5 Å². The Bertz CT molecular complexity index is 599. The fourth-order valence-corrected chi connectivity index (χ4v) is 1.53. The third-order valence-electron chi connectivity index (χ3n) is 2.45. The van der Waals surface area contributed by atoms with Gasteiger partial charge in [-0.3, -0.25) is 9.97 Å². The molecule has 2 aromatic heterocycles. The second-order valence-electron chi connectivity index (χ2n) is 3.88. The number of hydrogen-bond acceptors (Lipinski definition) is 4. The van der Waals surface area contributed by atoms with Crippen molar-refractivity contribution in [3.63, 3.8) is 0 Å². The van der Waals surface area contributed by atoms with E-state index in [0.29, 0.717) is 0 Å². The Morgan fingerprint density at radius 1 is 0.783 bits per heavy atom. The minimum Gasteiger partial charge on any atom is -0.871 e. The van der Waals surface area contributed by atoms with E-state index in [-0.39, 0.29) is 30.3 Å². The molecule has 2 heterocycles. The fourth-order valence-electron chi connectivity index (χ4n) is 1.53. The molecule has 4 nitrogen and oxygen atoms in total. The van der Waals surface area contributed by atoms with Gasteiger partial charge in [0.1, 0.15) is 11.4 Å². The van der Waals surface area contributed by atoms with Gasteiger partial charge < -0.3 is 17.6 Å². The van der Waals surface area contributed by atoms with Gasteiger partial charge in [0.25, 0.3) is 0 Å². The van der Waals surface area contributed by atoms with Crippen LogP contribution >= 0.6 is 9.69 Å². The summed E-state index contributed by atoms with van der Waals surface area (Å²) >= 11 is 1.82. The maximum Gasteiger partial charge on any atom is 0.143 e. The van der Waals surface area contributed by atoms with Gasteiger partial charge in [-0.05, 0) is 18.2 Å². The molecule has 0 aliphatic carbocycles. The van der Waals surface area contributed by atoms with Crippen LogP contribution in [0.2, 0.25) is 0 Å². The average Bonchev–Trinajstić information content (AvgIpc) is 2.60. The molecule has 0 unspecified atom stereocenters. The van der Waals surface area contributed by atoms with Crippen LogP contribution in [0.1, 0.15) is 0 Å². The molecular formula is C17H16ClN2O2Ru-. The molecule has 3 rings (SSSR count). The zero-order valence-corrected chi connectivity index (χ0v) is 14.9. The Hall–Kier alpha value is -1.97. The molecule has 6 heteroatoms. The van der Waals surface area contributed by atoms with Crippen molar-refractivity contribution < 1.29 is 27.5 Å². The van der Waals surface area contributed by atoms with Crippen molar-refractivity contribution in [1.29, 1.82) is 0 Å². The van der Waals surface area contributed by atoms with Crippen LogP contribution in [0.3, 0.4) is 0 Å². The van der Waals surface area contributed by atoms with Crippen LogP contribution in [-0.4, -0.2) is 15.1 Å². The maximum atomic E-state index is 11.4. The van der Waals surface area contributed by atoms with Gasteiger partial charge in [0.15, 0.2) is 0 Å². The third kappa shape index (κ3) is 7.22. The first-order valence-corrected chi connectivity index (χ1v) is 8.42. The summed E-state index contributed by atoms with van der Waals surface area (Å²) in [5.41, 5.74) is 0.392. The largest absolute Gasteiger partial charge is 0.871 e. The van der Waals surface area contributed by atoms with Crippen LogP contribution in [-0.2, 0) is 17.3 Å². The Labute approximate surface area is 150 Å². The molecule has 0 aliphatic heterocycles. The molecule has 23 heavy (non-hydrogen) atoms. The Kier molecular flexibility index (Phi) is 11.5. The van der Waals surface area contributed by atoms with Gasteiger partial charge in [-0.25, -0.2) is 0 Å². The first kappa shape index (κ1) is 21.0. The van der Waals surface area contributed by atoms with Gasteiger partial charge in [0, 0.05) is 12.4 Å². The first-order chi connectivity index (χ1) is 10.8. The molecule has 1 aromatic carbocycles. The molecule has 3 aromatic rings. The van der Waals surface area contributed by atoms with E-state index >= 15 is 0 Å². The van der Waals surface area contributed by atoms with Crippen LogP contribution in [0.15, 0.2) is 73.1 Å². The third-order valence-corrected chi connectivity index (χ3v) is 2.45. The molecular weight excluding hydrogens is 401 g/mol. The molecule has 0 spiro atoms. The second-order valence-corrected chi connectivity index (χ2v) is 3.88. The summed E-state index contributed by atoms with van der Waals surface area (Å²) in [6.45, 7) is 0. The van der Waals surface area contributed by atoms with Crippen molar-refractivity contribution in [1.82, 2.24) is 9.97 Å². The predicted octanol–water partition coefficient (Wildman–Crippen LogP) is 3.75. The van der Waals surface area contributed by atoms with Crippen LogP contribution in [0.25, 0.3) is 11.4 Å². The second kappa shape index (κ2) is 12.6. The smallest absolute Gasteiger partial charge is 0.143 e. The van der Waals surface area contributed by atoms with Gasteiger partial charge in [-0.2, -0.15) is 0 Å². The molecule has 122 valence electrons. The topological polar surface area (TPSA) is 69.1 Å². The van der Waals surface area contributed by atoms with Crippen molar-refractivity contribution in [2.24, 2.45) is 0 Å². The molecule has 0 fully saturated rings. The molecule has 0 atom stereocenters. The number of rotatable bonds is 1. The summed E-state index contributed by atoms with van der Waals surface area (Å²) in [7, 11) is 4.57. The van der Waals surface area contributed by atoms with E-state index in [2.05, 4.69) is 19.7 Å². The SMILES string of the molecule is [CH3-].[Cl][Ru+].[O-]c1cccnc1-c1ncccc1O.c1ccccc1. The first-order valence-electron chi connectivity index (χ1n) is 6.19. The molecule has 0 amide bonds. The van der Waals surface area contributed by atoms with Crippen LogP contribution < -0.4 is 5.11 Å². The number of aromatic hydroxyl groups is 1. The zero-order valence-electron chi connectivity index (χ0n) is 12.4. The van der Waals surface area contributed by atoms with Gasteiger partial charge >= 0.3 is 27.0 Å². The number of halogens is 1. The monoisotopic (exact) mass is 417 g/mol. The number of aromatic nitrogens is 2. The maximum absolute atomic E-state index is 11.4. The summed E-state index contributed by atoms with van der Waals surface area (Å²) < 4.78 is 0. The molecule has 0 saturated heterocycles.